The highest BCUT2D eigenvalue weighted by Crippen LogP contribution is 2.46. The monoisotopic (exact) mass is 310 g/mol. The number of ketones is 1. The van der Waals surface area contributed by atoms with Crippen molar-refractivity contribution in [3.8, 4) is 0 Å². The van der Waals surface area contributed by atoms with Crippen LogP contribution in [0.4, 0.5) is 4.79 Å². The number of rotatable bonds is 9. The zero-order valence-electron chi connectivity index (χ0n) is 15.1. The molecule has 2 atom stereocenters. The Balaban J connectivity index is 2.24. The van der Waals surface area contributed by atoms with Gasteiger partial charge in [-0.3, -0.25) is 4.79 Å². The number of nitrogens with one attached hydrogen (secondary N) is 1. The van der Waals surface area contributed by atoms with E-state index in [9.17, 15) is 9.59 Å². The van der Waals surface area contributed by atoms with Gasteiger partial charge in [0, 0.05) is 25.6 Å². The summed E-state index contributed by atoms with van der Waals surface area (Å²) in [7, 11) is 1.86. The van der Waals surface area contributed by atoms with Gasteiger partial charge in [-0.05, 0) is 25.2 Å². The third kappa shape index (κ3) is 4.99. The number of carbonyl (C=O) groups is 2. The van der Waals surface area contributed by atoms with Gasteiger partial charge in [0.05, 0.1) is 0 Å². The summed E-state index contributed by atoms with van der Waals surface area (Å²) >= 11 is 0. The van der Waals surface area contributed by atoms with Crippen LogP contribution in [0.3, 0.4) is 0 Å². The van der Waals surface area contributed by atoms with Crippen molar-refractivity contribution in [2.75, 3.05) is 13.6 Å². The largest absolute Gasteiger partial charge is 0.335 e. The van der Waals surface area contributed by atoms with Gasteiger partial charge in [-0.2, -0.15) is 0 Å². The van der Waals surface area contributed by atoms with Crippen molar-refractivity contribution >= 4 is 11.8 Å². The van der Waals surface area contributed by atoms with E-state index < -0.39 is 0 Å². The molecule has 0 bridgehead atoms. The highest BCUT2D eigenvalue weighted by Gasteiger charge is 2.51. The summed E-state index contributed by atoms with van der Waals surface area (Å²) in [5.41, 5.74) is -0.123. The highest BCUT2D eigenvalue weighted by molar-refractivity contribution is 5.81. The molecule has 0 spiro atoms. The second kappa shape index (κ2) is 8.54. The second-order valence-electron chi connectivity index (χ2n) is 7.41. The van der Waals surface area contributed by atoms with Gasteiger partial charge in [0.25, 0.3) is 0 Å². The lowest BCUT2D eigenvalue weighted by Gasteiger charge is -2.51. The van der Waals surface area contributed by atoms with Crippen LogP contribution in [0.25, 0.3) is 0 Å². The summed E-state index contributed by atoms with van der Waals surface area (Å²) in [5, 5.41) is 3.09. The fourth-order valence-electron chi connectivity index (χ4n) is 3.35. The normalized spacial score (nSPS) is 22.8. The molecule has 0 heterocycles. The Morgan fingerprint density at radius 1 is 1.14 bits per heavy atom. The minimum atomic E-state index is -0.123. The predicted molar refractivity (Wildman–Crippen MR) is 90.9 cm³/mol. The van der Waals surface area contributed by atoms with E-state index >= 15 is 0 Å². The molecule has 4 heteroatoms. The first-order valence-corrected chi connectivity index (χ1v) is 8.82. The molecule has 128 valence electrons. The molecule has 1 saturated carbocycles. The van der Waals surface area contributed by atoms with E-state index in [4.69, 9.17) is 0 Å². The third-order valence-corrected chi connectivity index (χ3v) is 5.25. The Bertz CT molecular complexity index is 379. The summed E-state index contributed by atoms with van der Waals surface area (Å²) in [6.07, 6.45) is 8.18. The van der Waals surface area contributed by atoms with E-state index in [-0.39, 0.29) is 29.2 Å². The van der Waals surface area contributed by atoms with Crippen molar-refractivity contribution in [2.45, 2.75) is 78.7 Å². The topological polar surface area (TPSA) is 49.4 Å². The van der Waals surface area contributed by atoms with Gasteiger partial charge in [0.1, 0.15) is 5.78 Å². The van der Waals surface area contributed by atoms with Crippen LogP contribution in [0, 0.1) is 11.3 Å². The van der Waals surface area contributed by atoms with E-state index in [1.807, 2.05) is 7.05 Å². The molecule has 1 fully saturated rings. The zero-order valence-corrected chi connectivity index (χ0v) is 15.1. The maximum absolute atomic E-state index is 12.2. The predicted octanol–water partition coefficient (Wildman–Crippen LogP) is 3.99. The standard InChI is InChI=1S/C18H34N2O2/c1-6-7-8-9-10-11-12-20(5)17(22)19-16-13-15(14(2)21)18(16,3)4/h15-16H,6-13H2,1-5H3,(H,19,22). The van der Waals surface area contributed by atoms with Gasteiger partial charge >= 0.3 is 6.03 Å². The molecule has 0 aromatic carbocycles. The summed E-state index contributed by atoms with van der Waals surface area (Å²) < 4.78 is 0. The molecule has 2 unspecified atom stereocenters. The van der Waals surface area contributed by atoms with Crippen LogP contribution >= 0.6 is 0 Å². The fourth-order valence-corrected chi connectivity index (χ4v) is 3.35. The molecule has 0 radical (unpaired) electrons. The molecule has 22 heavy (non-hydrogen) atoms. The van der Waals surface area contributed by atoms with Crippen LogP contribution in [-0.2, 0) is 4.79 Å². The maximum Gasteiger partial charge on any atom is 0.317 e. The van der Waals surface area contributed by atoms with Crippen molar-refractivity contribution < 1.29 is 9.59 Å². The number of unbranched alkanes of at least 4 members (excludes halogenated alkanes) is 5. The van der Waals surface area contributed by atoms with Crippen molar-refractivity contribution in [3.05, 3.63) is 0 Å². The van der Waals surface area contributed by atoms with Gasteiger partial charge in [-0.25, -0.2) is 4.79 Å². The Hall–Kier alpha value is -1.06. The van der Waals surface area contributed by atoms with Gasteiger partial charge in [-0.1, -0.05) is 52.9 Å². The molecule has 4 nitrogen and oxygen atoms in total. The van der Waals surface area contributed by atoms with Crippen molar-refractivity contribution in [1.82, 2.24) is 10.2 Å². The van der Waals surface area contributed by atoms with E-state index in [0.29, 0.717) is 0 Å². The quantitative estimate of drug-likeness (QED) is 0.655. The number of urea groups is 1. The number of Topliss-reactive ketones (excluding diaryl/α,β-unsaturated/α-hetero) is 1. The van der Waals surface area contributed by atoms with E-state index in [1.54, 1.807) is 11.8 Å². The first-order chi connectivity index (χ1) is 10.3. The van der Waals surface area contributed by atoms with Gasteiger partial charge in [-0.15, -0.1) is 0 Å². The van der Waals surface area contributed by atoms with Gasteiger partial charge in [0.15, 0.2) is 0 Å². The third-order valence-electron chi connectivity index (χ3n) is 5.25. The minimum Gasteiger partial charge on any atom is -0.335 e. The van der Waals surface area contributed by atoms with Gasteiger partial charge in [0.2, 0.25) is 0 Å². The Morgan fingerprint density at radius 3 is 2.27 bits per heavy atom. The molecule has 0 saturated heterocycles. The Labute approximate surface area is 136 Å². The molecule has 1 N–H and O–H groups in total. The Kier molecular flexibility index (Phi) is 7.37. The van der Waals surface area contributed by atoms with E-state index in [0.717, 1.165) is 19.4 Å². The molecule has 0 aromatic heterocycles. The molecule has 2 amide bonds. The van der Waals surface area contributed by atoms with E-state index in [2.05, 4.69) is 26.1 Å². The molecular formula is C18H34N2O2. The average molecular weight is 310 g/mol. The fraction of sp³-hybridized carbons (Fsp3) is 0.889. The lowest BCUT2D eigenvalue weighted by atomic mass is 9.57. The molecule has 0 aliphatic heterocycles. The van der Waals surface area contributed by atoms with Crippen molar-refractivity contribution in [3.63, 3.8) is 0 Å². The average Bonchev–Trinajstić information content (AvgIpc) is 2.45. The highest BCUT2D eigenvalue weighted by atomic mass is 16.2. The van der Waals surface area contributed by atoms with E-state index in [1.165, 1.54) is 32.1 Å². The summed E-state index contributed by atoms with van der Waals surface area (Å²) in [5.74, 6) is 0.317. The molecule has 1 aliphatic rings. The van der Waals surface area contributed by atoms with Crippen LogP contribution in [0.2, 0.25) is 0 Å². The Morgan fingerprint density at radius 2 is 1.73 bits per heavy atom. The SMILES string of the molecule is CCCCCCCCN(C)C(=O)NC1CC(C(C)=O)C1(C)C. The molecule has 1 rings (SSSR count). The first kappa shape index (κ1) is 19.0. The van der Waals surface area contributed by atoms with Crippen molar-refractivity contribution in [2.24, 2.45) is 11.3 Å². The van der Waals surface area contributed by atoms with Crippen LogP contribution in [0.1, 0.15) is 72.6 Å². The molecular weight excluding hydrogens is 276 g/mol. The van der Waals surface area contributed by atoms with Crippen LogP contribution in [-0.4, -0.2) is 36.3 Å². The number of hydrogen-bond donors (Lipinski definition) is 1. The zero-order chi connectivity index (χ0) is 16.8. The summed E-state index contributed by atoms with van der Waals surface area (Å²) in [6, 6.07) is 0.106. The smallest absolute Gasteiger partial charge is 0.317 e. The number of carbonyl (C=O) groups excluding carboxylic acids is 2. The minimum absolute atomic E-state index is 0.00589. The number of hydrogen-bond acceptors (Lipinski definition) is 2. The maximum atomic E-state index is 12.2. The summed E-state index contributed by atoms with van der Waals surface area (Å²) in [6.45, 7) is 8.82. The second-order valence-corrected chi connectivity index (χ2v) is 7.41. The van der Waals surface area contributed by atoms with Crippen LogP contribution in [0.5, 0.6) is 0 Å². The molecule has 1 aliphatic carbocycles. The van der Waals surface area contributed by atoms with Gasteiger partial charge < -0.3 is 10.2 Å². The van der Waals surface area contributed by atoms with Crippen molar-refractivity contribution in [1.29, 1.82) is 0 Å². The number of amides is 2. The number of nitrogens with zero attached hydrogens (tertiary/aromatic N) is 1. The lowest BCUT2D eigenvalue weighted by molar-refractivity contribution is -0.132. The lowest BCUT2D eigenvalue weighted by Crippen LogP contribution is -2.61. The summed E-state index contributed by atoms with van der Waals surface area (Å²) in [4.78, 5) is 25.5. The first-order valence-electron chi connectivity index (χ1n) is 8.82. The van der Waals surface area contributed by atoms with Crippen LogP contribution < -0.4 is 5.32 Å². The van der Waals surface area contributed by atoms with Crippen LogP contribution in [0.15, 0.2) is 0 Å². The molecule has 0 aromatic rings.